The summed E-state index contributed by atoms with van der Waals surface area (Å²) in [6, 6.07) is 9.15. The Kier molecular flexibility index (Phi) is 4.08. The van der Waals surface area contributed by atoms with Crippen LogP contribution < -0.4 is 5.32 Å². The average molecular weight is 307 g/mol. The fraction of sp³-hybridized carbons (Fsp3) is 0.562. The van der Waals surface area contributed by atoms with Crippen LogP contribution in [0.2, 0.25) is 0 Å². The predicted octanol–water partition coefficient (Wildman–Crippen LogP) is 1.57. The van der Waals surface area contributed by atoms with E-state index < -0.39 is 24.1 Å². The molecular formula is C16H21NO5. The molecule has 3 rings (SSSR count). The molecule has 6 heteroatoms. The molecule has 22 heavy (non-hydrogen) atoms. The molecule has 1 aromatic rings. The molecule has 4 atom stereocenters. The highest BCUT2D eigenvalue weighted by molar-refractivity contribution is 5.67. The van der Waals surface area contributed by atoms with E-state index in [1.807, 2.05) is 30.3 Å². The van der Waals surface area contributed by atoms with Crippen molar-refractivity contribution in [2.75, 3.05) is 0 Å². The van der Waals surface area contributed by atoms with E-state index in [1.54, 1.807) is 13.8 Å². The highest BCUT2D eigenvalue weighted by atomic mass is 16.8. The van der Waals surface area contributed by atoms with E-state index in [1.165, 1.54) is 0 Å². The van der Waals surface area contributed by atoms with E-state index in [9.17, 15) is 9.90 Å². The van der Waals surface area contributed by atoms with Crippen LogP contribution >= 0.6 is 0 Å². The molecule has 1 aliphatic carbocycles. The highest BCUT2D eigenvalue weighted by Crippen LogP contribution is 2.38. The quantitative estimate of drug-likeness (QED) is 0.886. The summed E-state index contributed by atoms with van der Waals surface area (Å²) in [6.07, 6.45) is -1.53. The molecule has 1 saturated carbocycles. The molecule has 0 radical (unpaired) electrons. The maximum absolute atomic E-state index is 11.9. The van der Waals surface area contributed by atoms with Crippen LogP contribution in [-0.4, -0.2) is 41.3 Å². The number of amides is 1. The summed E-state index contributed by atoms with van der Waals surface area (Å²) in [4.78, 5) is 11.9. The van der Waals surface area contributed by atoms with Gasteiger partial charge in [-0.05, 0) is 25.8 Å². The standard InChI is InChI=1S/C16H21NO5/c1-16(2)21-13-11(8-12(18)14(13)22-16)17-15(19)20-9-10-6-4-3-5-7-10/h3-7,11-14,18H,8-9H2,1-2H3,(H,17,19)/t11?,12?,13?,14-/m1/s1. The first-order valence-electron chi connectivity index (χ1n) is 7.45. The Morgan fingerprint density at radius 3 is 2.73 bits per heavy atom. The van der Waals surface area contributed by atoms with E-state index in [-0.39, 0.29) is 18.8 Å². The van der Waals surface area contributed by atoms with Crippen molar-refractivity contribution in [1.29, 1.82) is 0 Å². The van der Waals surface area contributed by atoms with Crippen molar-refractivity contribution in [1.82, 2.24) is 5.32 Å². The fourth-order valence-corrected chi connectivity index (χ4v) is 3.01. The Morgan fingerprint density at radius 1 is 1.32 bits per heavy atom. The van der Waals surface area contributed by atoms with Crippen molar-refractivity contribution in [3.63, 3.8) is 0 Å². The SMILES string of the molecule is CC1(C)OC2C(NC(=O)OCc3ccccc3)CC(O)[C@H]2O1. The summed E-state index contributed by atoms with van der Waals surface area (Å²) in [5.74, 6) is -0.745. The molecule has 1 saturated heterocycles. The number of ether oxygens (including phenoxy) is 3. The van der Waals surface area contributed by atoms with E-state index in [2.05, 4.69) is 5.32 Å². The average Bonchev–Trinajstić information content (AvgIpc) is 2.93. The van der Waals surface area contributed by atoms with Gasteiger partial charge in [0, 0.05) is 0 Å². The molecule has 0 aromatic heterocycles. The number of hydrogen-bond donors (Lipinski definition) is 2. The van der Waals surface area contributed by atoms with Gasteiger partial charge >= 0.3 is 6.09 Å². The lowest BCUT2D eigenvalue weighted by atomic mass is 10.2. The molecule has 1 heterocycles. The molecule has 6 nitrogen and oxygen atoms in total. The van der Waals surface area contributed by atoms with Gasteiger partial charge in [0.2, 0.25) is 0 Å². The Morgan fingerprint density at radius 2 is 2.00 bits per heavy atom. The number of aliphatic hydroxyl groups excluding tert-OH is 1. The molecule has 2 aliphatic rings. The van der Waals surface area contributed by atoms with Crippen LogP contribution in [0.1, 0.15) is 25.8 Å². The van der Waals surface area contributed by atoms with Gasteiger partial charge in [0.25, 0.3) is 0 Å². The highest BCUT2D eigenvalue weighted by Gasteiger charge is 2.54. The van der Waals surface area contributed by atoms with Crippen molar-refractivity contribution in [2.24, 2.45) is 0 Å². The number of benzene rings is 1. The summed E-state index contributed by atoms with van der Waals surface area (Å²) in [5, 5.41) is 12.8. The first-order valence-corrected chi connectivity index (χ1v) is 7.45. The number of alkyl carbamates (subject to hydrolysis) is 1. The third-order valence-electron chi connectivity index (χ3n) is 3.95. The molecule has 2 fully saturated rings. The first kappa shape index (κ1) is 15.3. The molecule has 1 aliphatic heterocycles. The minimum atomic E-state index is -0.745. The second-order valence-electron chi connectivity index (χ2n) is 6.18. The van der Waals surface area contributed by atoms with Crippen LogP contribution in [0, 0.1) is 0 Å². The van der Waals surface area contributed by atoms with Gasteiger partial charge in [0.05, 0.1) is 12.1 Å². The van der Waals surface area contributed by atoms with Crippen molar-refractivity contribution >= 4 is 6.09 Å². The van der Waals surface area contributed by atoms with Gasteiger partial charge in [-0.15, -0.1) is 0 Å². The van der Waals surface area contributed by atoms with Crippen molar-refractivity contribution < 1.29 is 24.1 Å². The number of hydrogen-bond acceptors (Lipinski definition) is 5. The summed E-state index contributed by atoms with van der Waals surface area (Å²) in [6.45, 7) is 3.80. The number of fused-ring (bicyclic) bond motifs is 1. The molecule has 2 N–H and O–H groups in total. The van der Waals surface area contributed by atoms with Crippen molar-refractivity contribution in [3.05, 3.63) is 35.9 Å². The first-order chi connectivity index (χ1) is 10.4. The molecule has 1 aromatic carbocycles. The summed E-state index contributed by atoms with van der Waals surface area (Å²) >= 11 is 0. The second-order valence-corrected chi connectivity index (χ2v) is 6.18. The van der Waals surface area contributed by atoms with E-state index in [0.717, 1.165) is 5.56 Å². The molecule has 0 bridgehead atoms. The Hall–Kier alpha value is -1.63. The molecular weight excluding hydrogens is 286 g/mol. The van der Waals surface area contributed by atoms with Crippen LogP contribution in [0.25, 0.3) is 0 Å². The van der Waals surface area contributed by atoms with Gasteiger partial charge in [0.1, 0.15) is 18.8 Å². The van der Waals surface area contributed by atoms with E-state index in [4.69, 9.17) is 14.2 Å². The zero-order valence-electron chi connectivity index (χ0n) is 12.7. The van der Waals surface area contributed by atoms with Crippen molar-refractivity contribution in [2.45, 2.75) is 57.0 Å². The van der Waals surface area contributed by atoms with Gasteiger partial charge in [-0.1, -0.05) is 30.3 Å². The lowest BCUT2D eigenvalue weighted by Crippen LogP contribution is -2.43. The van der Waals surface area contributed by atoms with Crippen molar-refractivity contribution in [3.8, 4) is 0 Å². The third kappa shape index (κ3) is 3.24. The largest absolute Gasteiger partial charge is 0.445 e. The number of rotatable bonds is 3. The topological polar surface area (TPSA) is 77.0 Å². The normalized spacial score (nSPS) is 32.5. The van der Waals surface area contributed by atoms with Gasteiger partial charge < -0.3 is 24.6 Å². The monoisotopic (exact) mass is 307 g/mol. The number of carbonyl (C=O) groups is 1. The van der Waals surface area contributed by atoms with E-state index in [0.29, 0.717) is 6.42 Å². The van der Waals surface area contributed by atoms with Gasteiger partial charge in [-0.2, -0.15) is 0 Å². The van der Waals surface area contributed by atoms with Crippen LogP contribution in [0.4, 0.5) is 4.79 Å². The minimum absolute atomic E-state index is 0.207. The lowest BCUT2D eigenvalue weighted by Gasteiger charge is -2.22. The van der Waals surface area contributed by atoms with Gasteiger partial charge in [-0.25, -0.2) is 4.79 Å². The molecule has 0 spiro atoms. The van der Waals surface area contributed by atoms with Crippen LogP contribution in [0.3, 0.4) is 0 Å². The van der Waals surface area contributed by atoms with Crippen LogP contribution in [0.15, 0.2) is 30.3 Å². The molecule has 120 valence electrons. The lowest BCUT2D eigenvalue weighted by molar-refractivity contribution is -0.163. The Balaban J connectivity index is 1.53. The Bertz CT molecular complexity index is 533. The summed E-state index contributed by atoms with van der Waals surface area (Å²) < 4.78 is 16.6. The summed E-state index contributed by atoms with van der Waals surface area (Å²) in [5.41, 5.74) is 0.920. The molecule has 1 amide bonds. The van der Waals surface area contributed by atoms with Gasteiger partial charge in [-0.3, -0.25) is 0 Å². The fourth-order valence-electron chi connectivity index (χ4n) is 3.01. The zero-order chi connectivity index (χ0) is 15.7. The number of carbonyl (C=O) groups excluding carboxylic acids is 1. The third-order valence-corrected chi connectivity index (χ3v) is 3.95. The second kappa shape index (κ2) is 5.87. The van der Waals surface area contributed by atoms with Crippen LogP contribution in [0.5, 0.6) is 0 Å². The Labute approximate surface area is 129 Å². The smallest absolute Gasteiger partial charge is 0.407 e. The predicted molar refractivity (Wildman–Crippen MR) is 78.0 cm³/mol. The maximum atomic E-state index is 11.9. The van der Waals surface area contributed by atoms with E-state index >= 15 is 0 Å². The number of nitrogens with one attached hydrogen (secondary N) is 1. The zero-order valence-corrected chi connectivity index (χ0v) is 12.7. The summed E-state index contributed by atoms with van der Waals surface area (Å²) in [7, 11) is 0. The van der Waals surface area contributed by atoms with Gasteiger partial charge in [0.15, 0.2) is 5.79 Å². The molecule has 3 unspecified atom stereocenters. The maximum Gasteiger partial charge on any atom is 0.407 e. The minimum Gasteiger partial charge on any atom is -0.445 e. The van der Waals surface area contributed by atoms with Crippen LogP contribution in [-0.2, 0) is 20.8 Å². The number of aliphatic hydroxyl groups is 1.